The first-order valence-corrected chi connectivity index (χ1v) is 12.2. The highest BCUT2D eigenvalue weighted by molar-refractivity contribution is 6.34. The summed E-state index contributed by atoms with van der Waals surface area (Å²) in [6, 6.07) is 42.1. The predicted molar refractivity (Wildman–Crippen MR) is 152 cm³/mol. The second-order valence-corrected chi connectivity index (χ2v) is 9.48. The van der Waals surface area contributed by atoms with Crippen molar-refractivity contribution in [2.75, 3.05) is 4.90 Å². The summed E-state index contributed by atoms with van der Waals surface area (Å²) in [5.74, 6) is 0. The van der Waals surface area contributed by atoms with Crippen LogP contribution in [-0.2, 0) is 0 Å². The number of anilines is 3. The van der Waals surface area contributed by atoms with Gasteiger partial charge in [-0.1, -0.05) is 97.1 Å². The van der Waals surface area contributed by atoms with Crippen LogP contribution >= 0.6 is 0 Å². The van der Waals surface area contributed by atoms with Crippen molar-refractivity contribution in [1.29, 1.82) is 0 Å². The lowest BCUT2D eigenvalue weighted by molar-refractivity contribution is 1.24. The Morgan fingerprint density at radius 3 is 1.46 bits per heavy atom. The Kier molecular flexibility index (Phi) is 4.34. The zero-order chi connectivity index (χ0) is 23.5. The largest absolute Gasteiger partial charge is 0.309 e. The lowest BCUT2D eigenvalue weighted by atomic mass is 9.89. The van der Waals surface area contributed by atoms with E-state index in [0.29, 0.717) is 0 Å². The Balaban J connectivity index is 1.65. The molecular formula is C34H25N. The highest BCUT2D eigenvalue weighted by Gasteiger charge is 2.21. The van der Waals surface area contributed by atoms with Gasteiger partial charge in [-0.2, -0.15) is 0 Å². The van der Waals surface area contributed by atoms with Gasteiger partial charge in [-0.15, -0.1) is 0 Å². The molecule has 0 bridgehead atoms. The van der Waals surface area contributed by atoms with E-state index in [-0.39, 0.29) is 0 Å². The molecule has 0 fully saturated rings. The second-order valence-electron chi connectivity index (χ2n) is 9.48. The van der Waals surface area contributed by atoms with Crippen LogP contribution in [-0.4, -0.2) is 0 Å². The summed E-state index contributed by atoms with van der Waals surface area (Å²) in [6.45, 7) is 4.39. The Bertz CT molecular complexity index is 1780. The van der Waals surface area contributed by atoms with Gasteiger partial charge >= 0.3 is 0 Å². The Labute approximate surface area is 205 Å². The third kappa shape index (κ3) is 2.88. The number of benzene rings is 7. The van der Waals surface area contributed by atoms with Crippen molar-refractivity contribution < 1.29 is 0 Å². The van der Waals surface area contributed by atoms with Gasteiger partial charge < -0.3 is 4.90 Å². The Morgan fingerprint density at radius 2 is 0.857 bits per heavy atom. The van der Waals surface area contributed by atoms with Gasteiger partial charge in [-0.25, -0.2) is 0 Å². The molecule has 0 N–H and O–H groups in total. The molecule has 35 heavy (non-hydrogen) atoms. The number of fused-ring (bicyclic) bond motifs is 2. The maximum absolute atomic E-state index is 2.44. The van der Waals surface area contributed by atoms with Crippen LogP contribution in [0, 0.1) is 13.8 Å². The molecule has 0 radical (unpaired) electrons. The van der Waals surface area contributed by atoms with Crippen molar-refractivity contribution in [3.05, 3.63) is 126 Å². The highest BCUT2D eigenvalue weighted by atomic mass is 15.1. The van der Waals surface area contributed by atoms with E-state index >= 15 is 0 Å². The van der Waals surface area contributed by atoms with E-state index in [9.17, 15) is 0 Å². The van der Waals surface area contributed by atoms with Crippen LogP contribution in [0.5, 0.6) is 0 Å². The van der Waals surface area contributed by atoms with Crippen LogP contribution in [0.3, 0.4) is 0 Å². The standard InChI is InChI=1S/C34H25N/c1-22-10-3-5-18-30(22)35(31-19-6-4-11-23(31)2)32-21-20-28-26-15-8-13-24-12-7-14-25(33(24)26)27-16-9-17-29(32)34(27)28/h3-21H,1-2H3. The molecule has 0 aromatic heterocycles. The molecule has 0 aliphatic rings. The minimum Gasteiger partial charge on any atom is -0.309 e. The number of rotatable bonds is 3. The summed E-state index contributed by atoms with van der Waals surface area (Å²) < 4.78 is 0. The van der Waals surface area contributed by atoms with Gasteiger partial charge in [0.25, 0.3) is 0 Å². The molecule has 1 nitrogen and oxygen atoms in total. The fourth-order valence-corrected chi connectivity index (χ4v) is 5.84. The number of para-hydroxylation sites is 2. The van der Waals surface area contributed by atoms with Crippen LogP contribution < -0.4 is 4.90 Å². The summed E-state index contributed by atoms with van der Waals surface area (Å²) >= 11 is 0. The van der Waals surface area contributed by atoms with E-state index in [1.54, 1.807) is 0 Å². The maximum atomic E-state index is 2.44. The Morgan fingerprint density at radius 1 is 0.371 bits per heavy atom. The SMILES string of the molecule is Cc1ccccc1N(c1ccccc1C)c1ccc2c3cccc4cccc(c5cccc1c52)c43. The molecule has 0 unspecified atom stereocenters. The molecule has 0 heterocycles. The second kappa shape index (κ2) is 7.58. The topological polar surface area (TPSA) is 3.24 Å². The van der Waals surface area contributed by atoms with Gasteiger partial charge in [0.2, 0.25) is 0 Å². The third-order valence-electron chi connectivity index (χ3n) is 7.46. The van der Waals surface area contributed by atoms with Crippen molar-refractivity contribution >= 4 is 60.2 Å². The monoisotopic (exact) mass is 447 g/mol. The average Bonchev–Trinajstić information content (AvgIpc) is 2.90. The van der Waals surface area contributed by atoms with Crippen LogP contribution in [0.1, 0.15) is 11.1 Å². The first-order valence-electron chi connectivity index (χ1n) is 12.2. The van der Waals surface area contributed by atoms with Crippen molar-refractivity contribution in [2.24, 2.45) is 0 Å². The fourth-order valence-electron chi connectivity index (χ4n) is 5.84. The minimum atomic E-state index is 1.21. The van der Waals surface area contributed by atoms with E-state index in [0.717, 1.165) is 0 Å². The van der Waals surface area contributed by atoms with Gasteiger partial charge in [-0.05, 0) is 80.9 Å². The molecular weight excluding hydrogens is 422 g/mol. The summed E-state index contributed by atoms with van der Waals surface area (Å²) in [7, 11) is 0. The molecule has 0 aliphatic carbocycles. The molecule has 0 atom stereocenters. The lowest BCUT2D eigenvalue weighted by Crippen LogP contribution is -2.13. The van der Waals surface area contributed by atoms with Gasteiger partial charge in [0.1, 0.15) is 0 Å². The fraction of sp³-hybridized carbons (Fsp3) is 0.0588. The third-order valence-corrected chi connectivity index (χ3v) is 7.46. The number of hydrogen-bond acceptors (Lipinski definition) is 1. The zero-order valence-electron chi connectivity index (χ0n) is 19.9. The predicted octanol–water partition coefficient (Wildman–Crippen LogP) is 9.82. The molecule has 0 amide bonds. The quantitative estimate of drug-likeness (QED) is 0.192. The summed E-state index contributed by atoms with van der Waals surface area (Å²) in [4.78, 5) is 2.44. The van der Waals surface area contributed by atoms with Gasteiger partial charge in [0.15, 0.2) is 0 Å². The molecule has 1 heteroatoms. The maximum Gasteiger partial charge on any atom is 0.0540 e. The van der Waals surface area contributed by atoms with E-state index in [1.807, 2.05) is 0 Å². The molecule has 7 aromatic rings. The average molecular weight is 448 g/mol. The van der Waals surface area contributed by atoms with Crippen LogP contribution in [0.15, 0.2) is 115 Å². The van der Waals surface area contributed by atoms with Gasteiger partial charge in [-0.3, -0.25) is 0 Å². The van der Waals surface area contributed by atoms with Gasteiger partial charge in [0.05, 0.1) is 5.69 Å². The molecule has 7 rings (SSSR count). The minimum absolute atomic E-state index is 1.21. The van der Waals surface area contributed by atoms with E-state index in [4.69, 9.17) is 0 Å². The summed E-state index contributed by atoms with van der Waals surface area (Å²) in [5, 5.41) is 10.6. The first-order chi connectivity index (χ1) is 17.2. The molecule has 166 valence electrons. The molecule has 0 aliphatic heterocycles. The van der Waals surface area contributed by atoms with Crippen LogP contribution in [0.25, 0.3) is 43.1 Å². The van der Waals surface area contributed by atoms with E-state index in [1.165, 1.54) is 71.3 Å². The molecule has 0 spiro atoms. The number of nitrogens with zero attached hydrogens (tertiary/aromatic N) is 1. The van der Waals surface area contributed by atoms with E-state index < -0.39 is 0 Å². The molecule has 0 saturated carbocycles. The normalized spacial score (nSPS) is 11.7. The lowest BCUT2D eigenvalue weighted by Gasteiger charge is -2.30. The van der Waals surface area contributed by atoms with Crippen molar-refractivity contribution in [3.8, 4) is 0 Å². The number of hydrogen-bond donors (Lipinski definition) is 0. The summed E-state index contributed by atoms with van der Waals surface area (Å²) in [5.41, 5.74) is 6.14. The smallest absolute Gasteiger partial charge is 0.0540 e. The van der Waals surface area contributed by atoms with Crippen LogP contribution in [0.4, 0.5) is 17.1 Å². The first kappa shape index (κ1) is 20.1. The van der Waals surface area contributed by atoms with E-state index in [2.05, 4.69) is 134 Å². The van der Waals surface area contributed by atoms with Crippen molar-refractivity contribution in [2.45, 2.75) is 13.8 Å². The van der Waals surface area contributed by atoms with Crippen LogP contribution in [0.2, 0.25) is 0 Å². The van der Waals surface area contributed by atoms with Crippen molar-refractivity contribution in [1.82, 2.24) is 0 Å². The zero-order valence-corrected chi connectivity index (χ0v) is 19.9. The van der Waals surface area contributed by atoms with Gasteiger partial charge in [0, 0.05) is 16.8 Å². The molecule has 0 saturated heterocycles. The highest BCUT2D eigenvalue weighted by Crippen LogP contribution is 2.46. The Hall–Kier alpha value is -4.36. The van der Waals surface area contributed by atoms with Crippen molar-refractivity contribution in [3.63, 3.8) is 0 Å². The number of aryl methyl sites for hydroxylation is 2. The summed E-state index contributed by atoms with van der Waals surface area (Å²) in [6.07, 6.45) is 0. The molecule has 7 aromatic carbocycles.